The van der Waals surface area contributed by atoms with E-state index in [0.717, 1.165) is 0 Å². The smallest absolute Gasteiger partial charge is 0.336 e. The van der Waals surface area contributed by atoms with Crippen LogP contribution in [-0.2, 0) is 24.5 Å². The number of rotatable bonds is 4. The van der Waals surface area contributed by atoms with Gasteiger partial charge in [0.1, 0.15) is 0 Å². The number of hydrogen-bond acceptors (Lipinski definition) is 5. The third-order valence-electron chi connectivity index (χ3n) is 2.16. The Labute approximate surface area is 94.9 Å². The first-order valence-electron chi connectivity index (χ1n) is 4.95. The maximum absolute atomic E-state index is 11.6. The van der Waals surface area contributed by atoms with Gasteiger partial charge in [-0.05, 0) is 0 Å². The molecule has 0 bridgehead atoms. The molecule has 7 nitrogen and oxygen atoms in total. The number of esters is 1. The van der Waals surface area contributed by atoms with Gasteiger partial charge in [-0.15, -0.1) is 0 Å². The Morgan fingerprint density at radius 2 is 2.31 bits per heavy atom. The second kappa shape index (κ2) is 5.58. The van der Waals surface area contributed by atoms with E-state index in [-0.39, 0.29) is 19.7 Å². The van der Waals surface area contributed by atoms with Crippen molar-refractivity contribution in [3.05, 3.63) is 0 Å². The van der Waals surface area contributed by atoms with Crippen LogP contribution in [0.25, 0.3) is 0 Å². The van der Waals surface area contributed by atoms with Crippen LogP contribution in [0.2, 0.25) is 0 Å². The molecule has 94 valence electrons. The minimum atomic E-state index is -3.51. The number of carbonyl (C=O) groups is 1. The van der Waals surface area contributed by atoms with Crippen molar-refractivity contribution < 1.29 is 22.7 Å². The fourth-order valence-corrected chi connectivity index (χ4v) is 2.59. The van der Waals surface area contributed by atoms with E-state index >= 15 is 0 Å². The Morgan fingerprint density at radius 1 is 1.62 bits per heavy atom. The molecule has 0 aliphatic carbocycles. The molecule has 1 saturated heterocycles. The lowest BCUT2D eigenvalue weighted by Gasteiger charge is -2.30. The van der Waals surface area contributed by atoms with Gasteiger partial charge in [0.05, 0.1) is 20.3 Å². The predicted molar refractivity (Wildman–Crippen MR) is 55.9 cm³/mol. The molecule has 0 spiro atoms. The highest BCUT2D eigenvalue weighted by atomic mass is 32.2. The van der Waals surface area contributed by atoms with Gasteiger partial charge >= 0.3 is 5.97 Å². The molecule has 0 radical (unpaired) electrons. The number of methoxy groups -OCH3 is 1. The lowest BCUT2D eigenvalue weighted by Crippen LogP contribution is -2.52. The Bertz CT molecular complexity index is 342. The predicted octanol–water partition coefficient (Wildman–Crippen LogP) is -1.29. The van der Waals surface area contributed by atoms with Crippen molar-refractivity contribution in [3.8, 4) is 0 Å². The first kappa shape index (κ1) is 13.4. The zero-order chi connectivity index (χ0) is 12.2. The van der Waals surface area contributed by atoms with Gasteiger partial charge in [-0.1, -0.05) is 6.92 Å². The average Bonchev–Trinajstić information content (AvgIpc) is 2.28. The number of hydrogen-bond donors (Lipinski definition) is 1. The summed E-state index contributed by atoms with van der Waals surface area (Å²) in [4.78, 5) is 11.2. The second-order valence-electron chi connectivity index (χ2n) is 3.24. The molecule has 8 heteroatoms. The Morgan fingerprint density at radius 3 is 2.88 bits per heavy atom. The Hall–Kier alpha value is -0.700. The standard InChI is InChI=1S/C8H16N2O5S/c1-3-9-16(12,13)10-4-5-15-7(6-10)8(11)14-2/h7,9H,3-6H2,1-2H3. The van der Waals surface area contributed by atoms with Crippen molar-refractivity contribution in [1.82, 2.24) is 9.03 Å². The van der Waals surface area contributed by atoms with Gasteiger partial charge in [-0.3, -0.25) is 0 Å². The monoisotopic (exact) mass is 252 g/mol. The van der Waals surface area contributed by atoms with Crippen LogP contribution in [-0.4, -0.2) is 58.1 Å². The topological polar surface area (TPSA) is 84.9 Å². The minimum Gasteiger partial charge on any atom is -0.467 e. The van der Waals surface area contributed by atoms with Crippen molar-refractivity contribution >= 4 is 16.2 Å². The van der Waals surface area contributed by atoms with Crippen LogP contribution in [0, 0.1) is 0 Å². The fraction of sp³-hybridized carbons (Fsp3) is 0.875. The second-order valence-corrected chi connectivity index (χ2v) is 5.00. The molecule has 1 aliphatic heterocycles. The zero-order valence-electron chi connectivity index (χ0n) is 9.30. The molecular weight excluding hydrogens is 236 g/mol. The van der Waals surface area contributed by atoms with Crippen LogP contribution < -0.4 is 4.72 Å². The summed E-state index contributed by atoms with van der Waals surface area (Å²) in [6.45, 7) is 2.41. The molecule has 16 heavy (non-hydrogen) atoms. The van der Waals surface area contributed by atoms with Gasteiger partial charge < -0.3 is 9.47 Å². The highest BCUT2D eigenvalue weighted by Crippen LogP contribution is 2.09. The van der Waals surface area contributed by atoms with Crippen LogP contribution in [0.4, 0.5) is 0 Å². The van der Waals surface area contributed by atoms with E-state index in [1.807, 2.05) is 0 Å². The number of morpholine rings is 1. The molecule has 0 saturated carbocycles. The van der Waals surface area contributed by atoms with Gasteiger partial charge in [0, 0.05) is 13.1 Å². The molecule has 0 aromatic heterocycles. The summed E-state index contributed by atoms with van der Waals surface area (Å²) in [6.07, 6.45) is -0.841. The first-order chi connectivity index (χ1) is 7.51. The minimum absolute atomic E-state index is 0.0119. The maximum atomic E-state index is 11.6. The molecule has 0 aromatic carbocycles. The van der Waals surface area contributed by atoms with Gasteiger partial charge in [0.2, 0.25) is 0 Å². The molecule has 1 fully saturated rings. The average molecular weight is 252 g/mol. The van der Waals surface area contributed by atoms with E-state index in [2.05, 4.69) is 9.46 Å². The largest absolute Gasteiger partial charge is 0.467 e. The van der Waals surface area contributed by atoms with Crippen LogP contribution in [0.3, 0.4) is 0 Å². The van der Waals surface area contributed by atoms with E-state index in [1.165, 1.54) is 11.4 Å². The van der Waals surface area contributed by atoms with Crippen molar-refractivity contribution in [2.24, 2.45) is 0 Å². The summed E-state index contributed by atoms with van der Waals surface area (Å²) in [5.74, 6) is -0.559. The van der Waals surface area contributed by atoms with Crippen molar-refractivity contribution in [3.63, 3.8) is 0 Å². The van der Waals surface area contributed by atoms with Crippen LogP contribution in [0.5, 0.6) is 0 Å². The van der Waals surface area contributed by atoms with Gasteiger partial charge in [-0.2, -0.15) is 12.7 Å². The molecule has 1 aliphatic rings. The van der Waals surface area contributed by atoms with E-state index in [4.69, 9.17) is 4.74 Å². The Kier molecular flexibility index (Phi) is 4.66. The molecule has 1 rings (SSSR count). The van der Waals surface area contributed by atoms with Crippen molar-refractivity contribution in [2.45, 2.75) is 13.0 Å². The quantitative estimate of drug-likeness (QED) is 0.630. The molecule has 1 heterocycles. The first-order valence-corrected chi connectivity index (χ1v) is 6.39. The normalized spacial score (nSPS) is 23.0. The summed E-state index contributed by atoms with van der Waals surface area (Å²) < 4.78 is 36.5. The third-order valence-corrected chi connectivity index (χ3v) is 3.82. The third kappa shape index (κ3) is 3.14. The summed E-state index contributed by atoms with van der Waals surface area (Å²) in [5.41, 5.74) is 0. The fourth-order valence-electron chi connectivity index (χ4n) is 1.39. The number of ether oxygens (including phenoxy) is 2. The zero-order valence-corrected chi connectivity index (χ0v) is 10.1. The summed E-state index contributed by atoms with van der Waals surface area (Å²) in [6, 6.07) is 0. The van der Waals surface area contributed by atoms with Crippen LogP contribution in [0.15, 0.2) is 0 Å². The lowest BCUT2D eigenvalue weighted by molar-refractivity contribution is -0.157. The Balaban J connectivity index is 2.67. The van der Waals surface area contributed by atoms with Crippen LogP contribution in [0.1, 0.15) is 6.92 Å². The lowest BCUT2D eigenvalue weighted by atomic mass is 10.3. The molecule has 0 amide bonds. The van der Waals surface area contributed by atoms with Gasteiger partial charge in [0.15, 0.2) is 6.10 Å². The molecule has 1 atom stereocenters. The summed E-state index contributed by atoms with van der Waals surface area (Å²) >= 11 is 0. The van der Waals surface area contributed by atoms with Gasteiger partial charge in [-0.25, -0.2) is 9.52 Å². The highest BCUT2D eigenvalue weighted by molar-refractivity contribution is 7.87. The van der Waals surface area contributed by atoms with Crippen molar-refractivity contribution in [1.29, 1.82) is 0 Å². The summed E-state index contributed by atoms with van der Waals surface area (Å²) in [7, 11) is -2.27. The maximum Gasteiger partial charge on any atom is 0.336 e. The molecule has 1 N–H and O–H groups in total. The molecule has 1 unspecified atom stereocenters. The summed E-state index contributed by atoms with van der Waals surface area (Å²) in [5, 5.41) is 0. The SMILES string of the molecule is CCNS(=O)(=O)N1CCOC(C(=O)OC)C1. The van der Waals surface area contributed by atoms with E-state index in [0.29, 0.717) is 6.54 Å². The van der Waals surface area contributed by atoms with Crippen LogP contribution >= 0.6 is 0 Å². The molecule has 0 aromatic rings. The number of carbonyl (C=O) groups excluding carboxylic acids is 1. The number of nitrogens with one attached hydrogen (secondary N) is 1. The van der Waals surface area contributed by atoms with E-state index in [1.54, 1.807) is 6.92 Å². The highest BCUT2D eigenvalue weighted by Gasteiger charge is 2.33. The van der Waals surface area contributed by atoms with Crippen molar-refractivity contribution in [2.75, 3.05) is 33.4 Å². The number of nitrogens with zero attached hydrogens (tertiary/aromatic N) is 1. The molecular formula is C8H16N2O5S. The van der Waals surface area contributed by atoms with Gasteiger partial charge in [0.25, 0.3) is 10.2 Å². The van der Waals surface area contributed by atoms with E-state index in [9.17, 15) is 13.2 Å². The van der Waals surface area contributed by atoms with E-state index < -0.39 is 22.3 Å².